The fourth-order valence-electron chi connectivity index (χ4n) is 2.45. The van der Waals surface area contributed by atoms with E-state index in [1.165, 1.54) is 24.6 Å². The zero-order chi connectivity index (χ0) is 14.4. The van der Waals surface area contributed by atoms with Crippen LogP contribution in [-0.4, -0.2) is 18.4 Å². The average Bonchev–Trinajstić information content (AvgIpc) is 2.46. The Labute approximate surface area is 117 Å². The van der Waals surface area contributed by atoms with Gasteiger partial charge in [-0.2, -0.15) is 0 Å². The van der Waals surface area contributed by atoms with Gasteiger partial charge in [-0.1, -0.05) is 25.3 Å². The van der Waals surface area contributed by atoms with Gasteiger partial charge in [-0.25, -0.2) is 4.39 Å². The van der Waals surface area contributed by atoms with Crippen molar-refractivity contribution in [3.8, 4) is 0 Å². The molecule has 1 saturated carbocycles. The van der Waals surface area contributed by atoms with E-state index in [0.29, 0.717) is 5.69 Å². The Morgan fingerprint density at radius 3 is 2.65 bits per heavy atom. The average molecular weight is 278 g/mol. The van der Waals surface area contributed by atoms with E-state index >= 15 is 0 Å². The zero-order valence-electron chi connectivity index (χ0n) is 11.3. The number of amides is 2. The smallest absolute Gasteiger partial charge is 0.243 e. The first-order chi connectivity index (χ1) is 9.65. The van der Waals surface area contributed by atoms with Gasteiger partial charge < -0.3 is 10.6 Å². The second kappa shape index (κ2) is 7.03. The topological polar surface area (TPSA) is 58.2 Å². The second-order valence-electron chi connectivity index (χ2n) is 5.11. The Morgan fingerprint density at radius 2 is 1.95 bits per heavy atom. The van der Waals surface area contributed by atoms with Crippen molar-refractivity contribution in [2.45, 2.75) is 32.1 Å². The number of hydrogen-bond donors (Lipinski definition) is 2. The van der Waals surface area contributed by atoms with Crippen molar-refractivity contribution < 1.29 is 14.0 Å². The number of rotatable bonds is 4. The van der Waals surface area contributed by atoms with Crippen LogP contribution in [-0.2, 0) is 9.59 Å². The van der Waals surface area contributed by atoms with Crippen molar-refractivity contribution >= 4 is 17.5 Å². The van der Waals surface area contributed by atoms with Gasteiger partial charge in [-0.15, -0.1) is 0 Å². The molecule has 5 heteroatoms. The molecular weight excluding hydrogens is 259 g/mol. The molecule has 0 heterocycles. The first-order valence-electron chi connectivity index (χ1n) is 6.98. The standard InChI is InChI=1S/C15H19FN2O2/c16-12-7-4-8-13(9-12)18-14(19)10-17-15(20)11-5-2-1-3-6-11/h4,7-9,11H,1-3,5-6,10H2,(H,17,20)(H,18,19). The Morgan fingerprint density at radius 1 is 1.20 bits per heavy atom. The van der Waals surface area contributed by atoms with Gasteiger partial charge >= 0.3 is 0 Å². The summed E-state index contributed by atoms with van der Waals surface area (Å²) >= 11 is 0. The molecule has 0 aromatic heterocycles. The normalized spacial score (nSPS) is 15.7. The molecule has 0 saturated heterocycles. The van der Waals surface area contributed by atoms with Crippen LogP contribution in [0.25, 0.3) is 0 Å². The van der Waals surface area contributed by atoms with Gasteiger partial charge in [0.25, 0.3) is 0 Å². The third-order valence-corrected chi connectivity index (χ3v) is 3.51. The number of hydrogen-bond acceptors (Lipinski definition) is 2. The lowest BCUT2D eigenvalue weighted by atomic mass is 9.89. The monoisotopic (exact) mass is 278 g/mol. The van der Waals surface area contributed by atoms with Crippen LogP contribution in [0.2, 0.25) is 0 Å². The number of carbonyl (C=O) groups excluding carboxylic acids is 2. The van der Waals surface area contributed by atoms with Gasteiger partial charge in [0.05, 0.1) is 6.54 Å². The third-order valence-electron chi connectivity index (χ3n) is 3.51. The second-order valence-corrected chi connectivity index (χ2v) is 5.11. The molecule has 4 nitrogen and oxygen atoms in total. The Bertz CT molecular complexity index is 485. The predicted molar refractivity (Wildman–Crippen MR) is 74.6 cm³/mol. The van der Waals surface area contributed by atoms with E-state index in [-0.39, 0.29) is 24.3 Å². The molecule has 0 bridgehead atoms. The highest BCUT2D eigenvalue weighted by Gasteiger charge is 2.21. The molecule has 1 aromatic rings. The Balaban J connectivity index is 1.75. The number of halogens is 1. The van der Waals surface area contributed by atoms with E-state index in [1.807, 2.05) is 0 Å². The van der Waals surface area contributed by atoms with Crippen molar-refractivity contribution in [2.24, 2.45) is 5.92 Å². The highest BCUT2D eigenvalue weighted by molar-refractivity contribution is 5.94. The summed E-state index contributed by atoms with van der Waals surface area (Å²) in [6, 6.07) is 5.66. The highest BCUT2D eigenvalue weighted by Crippen LogP contribution is 2.23. The lowest BCUT2D eigenvalue weighted by molar-refractivity contribution is -0.128. The molecule has 1 fully saturated rings. The Hall–Kier alpha value is -1.91. The number of nitrogens with one attached hydrogen (secondary N) is 2. The minimum Gasteiger partial charge on any atom is -0.347 e. The quantitative estimate of drug-likeness (QED) is 0.889. The van der Waals surface area contributed by atoms with E-state index in [4.69, 9.17) is 0 Å². The molecular formula is C15H19FN2O2. The maximum absolute atomic E-state index is 13.0. The fraction of sp³-hybridized carbons (Fsp3) is 0.467. The first-order valence-corrected chi connectivity index (χ1v) is 6.98. The van der Waals surface area contributed by atoms with Crippen molar-refractivity contribution in [1.82, 2.24) is 5.32 Å². The van der Waals surface area contributed by atoms with Crippen LogP contribution in [0, 0.1) is 11.7 Å². The SMILES string of the molecule is O=C(CNC(=O)C1CCCCC1)Nc1cccc(F)c1. The van der Waals surface area contributed by atoms with Crippen molar-refractivity contribution in [1.29, 1.82) is 0 Å². The van der Waals surface area contributed by atoms with Crippen LogP contribution >= 0.6 is 0 Å². The molecule has 1 aliphatic rings. The maximum Gasteiger partial charge on any atom is 0.243 e. The van der Waals surface area contributed by atoms with Crippen molar-refractivity contribution in [2.75, 3.05) is 11.9 Å². The number of benzene rings is 1. The van der Waals surface area contributed by atoms with Gasteiger partial charge in [-0.3, -0.25) is 9.59 Å². The van der Waals surface area contributed by atoms with Gasteiger partial charge in [0.15, 0.2) is 0 Å². The molecule has 2 amide bonds. The van der Waals surface area contributed by atoms with E-state index in [2.05, 4.69) is 10.6 Å². The van der Waals surface area contributed by atoms with E-state index in [1.54, 1.807) is 6.07 Å². The van der Waals surface area contributed by atoms with Gasteiger partial charge in [0.1, 0.15) is 5.82 Å². The minimum atomic E-state index is -0.408. The summed E-state index contributed by atoms with van der Waals surface area (Å²) < 4.78 is 13.0. The molecule has 2 rings (SSSR count). The molecule has 0 unspecified atom stereocenters. The van der Waals surface area contributed by atoms with Crippen LogP contribution in [0.5, 0.6) is 0 Å². The number of carbonyl (C=O) groups is 2. The van der Waals surface area contributed by atoms with Gasteiger partial charge in [0, 0.05) is 11.6 Å². The highest BCUT2D eigenvalue weighted by atomic mass is 19.1. The molecule has 0 radical (unpaired) electrons. The molecule has 108 valence electrons. The lowest BCUT2D eigenvalue weighted by Gasteiger charge is -2.20. The summed E-state index contributed by atoms with van der Waals surface area (Å²) in [6.07, 6.45) is 5.14. The zero-order valence-corrected chi connectivity index (χ0v) is 11.3. The van der Waals surface area contributed by atoms with Crippen LogP contribution in [0.3, 0.4) is 0 Å². The number of anilines is 1. The van der Waals surface area contributed by atoms with Crippen LogP contribution < -0.4 is 10.6 Å². The molecule has 0 aliphatic heterocycles. The first kappa shape index (κ1) is 14.5. The van der Waals surface area contributed by atoms with E-state index < -0.39 is 5.82 Å². The van der Waals surface area contributed by atoms with Crippen molar-refractivity contribution in [3.05, 3.63) is 30.1 Å². The maximum atomic E-state index is 13.0. The summed E-state index contributed by atoms with van der Waals surface area (Å²) in [5.41, 5.74) is 0.391. The van der Waals surface area contributed by atoms with Gasteiger partial charge in [0.2, 0.25) is 11.8 Å². The minimum absolute atomic E-state index is 0.0331. The van der Waals surface area contributed by atoms with Crippen molar-refractivity contribution in [3.63, 3.8) is 0 Å². The third kappa shape index (κ3) is 4.33. The summed E-state index contributed by atoms with van der Waals surface area (Å²) in [5, 5.41) is 5.19. The van der Waals surface area contributed by atoms with E-state index in [0.717, 1.165) is 25.7 Å². The summed E-state index contributed by atoms with van der Waals surface area (Å²) in [5.74, 6) is -0.779. The van der Waals surface area contributed by atoms with Crippen LogP contribution in [0.15, 0.2) is 24.3 Å². The molecule has 20 heavy (non-hydrogen) atoms. The molecule has 1 aromatic carbocycles. The summed E-state index contributed by atoms with van der Waals surface area (Å²) in [4.78, 5) is 23.5. The van der Waals surface area contributed by atoms with E-state index in [9.17, 15) is 14.0 Å². The molecule has 1 aliphatic carbocycles. The predicted octanol–water partition coefficient (Wildman–Crippen LogP) is 2.46. The lowest BCUT2D eigenvalue weighted by Crippen LogP contribution is -2.37. The van der Waals surface area contributed by atoms with Crippen LogP contribution in [0.4, 0.5) is 10.1 Å². The van der Waals surface area contributed by atoms with Crippen LogP contribution in [0.1, 0.15) is 32.1 Å². The Kier molecular flexibility index (Phi) is 5.09. The summed E-state index contributed by atoms with van der Waals surface area (Å²) in [7, 11) is 0. The summed E-state index contributed by atoms with van der Waals surface area (Å²) in [6.45, 7) is -0.0775. The molecule has 2 N–H and O–H groups in total. The van der Waals surface area contributed by atoms with Gasteiger partial charge in [-0.05, 0) is 31.0 Å². The fourth-order valence-corrected chi connectivity index (χ4v) is 2.45. The molecule has 0 atom stereocenters. The largest absolute Gasteiger partial charge is 0.347 e. The molecule has 0 spiro atoms.